The molecular weight excluding hydrogens is 382 g/mol. The van der Waals surface area contributed by atoms with Gasteiger partial charge >= 0.3 is 0 Å². The van der Waals surface area contributed by atoms with Gasteiger partial charge in [-0.15, -0.1) is 11.3 Å². The molecule has 3 heterocycles. The number of carbonyl (C=O) groups excluding carboxylic acids is 1. The SMILES string of the molecule is CCN1CCN(C(=O)c2csc(CN3CCN(Cc4ccccc4)CC3)n2)CC1. The van der Waals surface area contributed by atoms with E-state index in [2.05, 4.69) is 56.9 Å². The Balaban J connectivity index is 1.24. The van der Waals surface area contributed by atoms with Crippen molar-refractivity contribution in [3.05, 3.63) is 52.0 Å². The van der Waals surface area contributed by atoms with Gasteiger partial charge in [0.25, 0.3) is 5.91 Å². The molecular formula is C22H31N5OS. The molecule has 2 aliphatic rings. The van der Waals surface area contributed by atoms with Crippen LogP contribution in [-0.4, -0.2) is 89.4 Å². The number of aromatic nitrogens is 1. The van der Waals surface area contributed by atoms with Gasteiger partial charge in [0.15, 0.2) is 0 Å². The largest absolute Gasteiger partial charge is 0.335 e. The fourth-order valence-corrected chi connectivity index (χ4v) is 4.86. The summed E-state index contributed by atoms with van der Waals surface area (Å²) in [7, 11) is 0. The van der Waals surface area contributed by atoms with Crippen LogP contribution in [0.15, 0.2) is 35.7 Å². The quantitative estimate of drug-likeness (QED) is 0.727. The van der Waals surface area contributed by atoms with E-state index in [4.69, 9.17) is 0 Å². The van der Waals surface area contributed by atoms with E-state index in [0.717, 1.165) is 77.0 Å². The standard InChI is InChI=1S/C22H31N5OS/c1-2-24-12-14-27(15-13-24)22(28)20-18-29-21(23-20)17-26-10-8-25(9-11-26)16-19-6-4-3-5-7-19/h3-7,18H,2,8-17H2,1H3. The maximum absolute atomic E-state index is 12.7. The number of rotatable bonds is 6. The maximum Gasteiger partial charge on any atom is 0.273 e. The zero-order chi connectivity index (χ0) is 20.1. The van der Waals surface area contributed by atoms with Crippen molar-refractivity contribution in [2.24, 2.45) is 0 Å². The Morgan fingerprint density at radius 1 is 0.897 bits per heavy atom. The molecule has 2 fully saturated rings. The van der Waals surface area contributed by atoms with Crippen molar-refractivity contribution in [3.63, 3.8) is 0 Å². The van der Waals surface area contributed by atoms with Crippen LogP contribution >= 0.6 is 11.3 Å². The van der Waals surface area contributed by atoms with Crippen molar-refractivity contribution < 1.29 is 4.79 Å². The van der Waals surface area contributed by atoms with Crippen molar-refractivity contribution >= 4 is 17.2 Å². The maximum atomic E-state index is 12.7. The molecule has 6 nitrogen and oxygen atoms in total. The number of nitrogens with zero attached hydrogens (tertiary/aromatic N) is 5. The van der Waals surface area contributed by atoms with Crippen molar-refractivity contribution in [1.82, 2.24) is 24.6 Å². The average Bonchev–Trinajstić information content (AvgIpc) is 3.24. The van der Waals surface area contributed by atoms with E-state index in [0.29, 0.717) is 5.69 Å². The second kappa shape index (κ2) is 9.80. The number of amides is 1. The summed E-state index contributed by atoms with van der Waals surface area (Å²) in [6, 6.07) is 10.7. The first-order valence-corrected chi connectivity index (χ1v) is 11.5. The number of carbonyl (C=O) groups is 1. The first kappa shape index (κ1) is 20.5. The zero-order valence-electron chi connectivity index (χ0n) is 17.3. The lowest BCUT2D eigenvalue weighted by molar-refractivity contribution is 0.0638. The lowest BCUT2D eigenvalue weighted by Crippen LogP contribution is -2.48. The molecule has 2 aromatic rings. The molecule has 1 amide bonds. The minimum absolute atomic E-state index is 0.0935. The normalized spacial score (nSPS) is 19.6. The summed E-state index contributed by atoms with van der Waals surface area (Å²) in [5.74, 6) is 0.0935. The Kier molecular flexibility index (Phi) is 6.92. The van der Waals surface area contributed by atoms with Gasteiger partial charge < -0.3 is 9.80 Å². The number of hydrogen-bond acceptors (Lipinski definition) is 6. The van der Waals surface area contributed by atoms with Gasteiger partial charge in [0, 0.05) is 64.3 Å². The van der Waals surface area contributed by atoms with Gasteiger partial charge in [0.2, 0.25) is 0 Å². The van der Waals surface area contributed by atoms with Crippen molar-refractivity contribution in [2.75, 3.05) is 58.9 Å². The highest BCUT2D eigenvalue weighted by Gasteiger charge is 2.24. The van der Waals surface area contributed by atoms with Crippen LogP contribution in [0.3, 0.4) is 0 Å². The van der Waals surface area contributed by atoms with Gasteiger partial charge in [-0.25, -0.2) is 4.98 Å². The third-order valence-corrected chi connectivity index (χ3v) is 6.78. The summed E-state index contributed by atoms with van der Waals surface area (Å²) in [5, 5.41) is 2.99. The third kappa shape index (κ3) is 5.42. The number of hydrogen-bond donors (Lipinski definition) is 0. The molecule has 29 heavy (non-hydrogen) atoms. The van der Waals surface area contributed by atoms with Crippen molar-refractivity contribution in [3.8, 4) is 0 Å². The lowest BCUT2D eigenvalue weighted by atomic mass is 10.2. The molecule has 7 heteroatoms. The van der Waals surface area contributed by atoms with Crippen LogP contribution < -0.4 is 0 Å². The van der Waals surface area contributed by atoms with Gasteiger partial charge in [0.1, 0.15) is 10.7 Å². The fourth-order valence-electron chi connectivity index (χ4n) is 4.05. The lowest BCUT2D eigenvalue weighted by Gasteiger charge is -2.34. The molecule has 0 atom stereocenters. The molecule has 0 bridgehead atoms. The average molecular weight is 414 g/mol. The minimum atomic E-state index is 0.0935. The van der Waals surface area contributed by atoms with Crippen LogP contribution in [0.1, 0.15) is 28.0 Å². The summed E-state index contributed by atoms with van der Waals surface area (Å²) < 4.78 is 0. The smallest absolute Gasteiger partial charge is 0.273 e. The highest BCUT2D eigenvalue weighted by molar-refractivity contribution is 7.09. The second-order valence-electron chi connectivity index (χ2n) is 7.89. The number of piperazine rings is 2. The van der Waals surface area contributed by atoms with Crippen LogP contribution in [-0.2, 0) is 13.1 Å². The Hall–Kier alpha value is -1.80. The summed E-state index contributed by atoms with van der Waals surface area (Å²) in [6.07, 6.45) is 0. The summed E-state index contributed by atoms with van der Waals surface area (Å²) in [5.41, 5.74) is 2.00. The fraction of sp³-hybridized carbons (Fsp3) is 0.545. The van der Waals surface area contributed by atoms with E-state index < -0.39 is 0 Å². The number of likely N-dealkylation sites (N-methyl/N-ethyl adjacent to an activating group) is 1. The van der Waals surface area contributed by atoms with Crippen LogP contribution in [0.25, 0.3) is 0 Å². The molecule has 2 aliphatic heterocycles. The number of benzene rings is 1. The first-order valence-electron chi connectivity index (χ1n) is 10.7. The minimum Gasteiger partial charge on any atom is -0.335 e. The van der Waals surface area contributed by atoms with Crippen LogP contribution in [0.5, 0.6) is 0 Å². The Labute approximate surface area is 177 Å². The number of thiazole rings is 1. The molecule has 0 spiro atoms. The van der Waals surface area contributed by atoms with Gasteiger partial charge in [-0.1, -0.05) is 37.3 Å². The van der Waals surface area contributed by atoms with Crippen LogP contribution in [0, 0.1) is 0 Å². The van der Waals surface area contributed by atoms with Crippen LogP contribution in [0.4, 0.5) is 0 Å². The van der Waals surface area contributed by atoms with Crippen molar-refractivity contribution in [2.45, 2.75) is 20.0 Å². The van der Waals surface area contributed by atoms with E-state index >= 15 is 0 Å². The van der Waals surface area contributed by atoms with E-state index in [1.165, 1.54) is 5.56 Å². The molecule has 0 unspecified atom stereocenters. The van der Waals surface area contributed by atoms with Gasteiger partial charge in [-0.3, -0.25) is 14.6 Å². The second-order valence-corrected chi connectivity index (χ2v) is 8.83. The van der Waals surface area contributed by atoms with Gasteiger partial charge in [0.05, 0.1) is 6.54 Å². The van der Waals surface area contributed by atoms with Gasteiger partial charge in [-0.2, -0.15) is 0 Å². The van der Waals surface area contributed by atoms with E-state index in [1.54, 1.807) is 11.3 Å². The van der Waals surface area contributed by atoms with E-state index in [-0.39, 0.29) is 5.91 Å². The highest BCUT2D eigenvalue weighted by Crippen LogP contribution is 2.17. The molecule has 1 aromatic heterocycles. The molecule has 0 N–H and O–H groups in total. The van der Waals surface area contributed by atoms with E-state index in [1.807, 2.05) is 10.3 Å². The molecule has 0 aliphatic carbocycles. The van der Waals surface area contributed by atoms with E-state index in [9.17, 15) is 4.79 Å². The predicted molar refractivity (Wildman–Crippen MR) is 117 cm³/mol. The van der Waals surface area contributed by atoms with Crippen molar-refractivity contribution in [1.29, 1.82) is 0 Å². The zero-order valence-corrected chi connectivity index (χ0v) is 18.1. The third-order valence-electron chi connectivity index (χ3n) is 5.95. The highest BCUT2D eigenvalue weighted by atomic mass is 32.1. The Bertz CT molecular complexity index is 780. The summed E-state index contributed by atoms with van der Waals surface area (Å²) in [6.45, 7) is 12.9. The monoisotopic (exact) mass is 413 g/mol. The summed E-state index contributed by atoms with van der Waals surface area (Å²) >= 11 is 1.62. The predicted octanol–water partition coefficient (Wildman–Crippen LogP) is 2.24. The Morgan fingerprint density at radius 3 is 2.17 bits per heavy atom. The summed E-state index contributed by atoms with van der Waals surface area (Å²) in [4.78, 5) is 26.7. The molecule has 2 saturated heterocycles. The molecule has 156 valence electrons. The first-order chi connectivity index (χ1) is 14.2. The van der Waals surface area contributed by atoms with Crippen LogP contribution in [0.2, 0.25) is 0 Å². The topological polar surface area (TPSA) is 42.9 Å². The molecule has 1 aromatic carbocycles. The van der Waals surface area contributed by atoms with Gasteiger partial charge in [-0.05, 0) is 12.1 Å². The molecule has 0 radical (unpaired) electrons. The Morgan fingerprint density at radius 2 is 1.52 bits per heavy atom. The molecule has 0 saturated carbocycles. The molecule has 4 rings (SSSR count).